The molecular weight excluding hydrogens is 293 g/mol. The third-order valence-corrected chi connectivity index (χ3v) is 5.49. The van der Waals surface area contributed by atoms with E-state index in [-0.39, 0.29) is 16.7 Å². The monoisotopic (exact) mass is 309 g/mol. The summed E-state index contributed by atoms with van der Waals surface area (Å²) in [5.74, 6) is 0.274. The lowest BCUT2D eigenvalue weighted by Gasteiger charge is -2.29. The van der Waals surface area contributed by atoms with Crippen LogP contribution in [-0.2, 0) is 10.0 Å². The Morgan fingerprint density at radius 3 is 2.06 bits per heavy atom. The highest BCUT2D eigenvalue weighted by molar-refractivity contribution is 7.89. The second-order valence-corrected chi connectivity index (χ2v) is 6.54. The van der Waals surface area contributed by atoms with Crippen molar-refractivity contribution in [2.75, 3.05) is 11.8 Å². The Kier molecular flexibility index (Phi) is 5.46. The second kappa shape index (κ2) is 6.24. The maximum atomic E-state index is 12.2. The lowest BCUT2D eigenvalue weighted by Crippen LogP contribution is -2.51. The van der Waals surface area contributed by atoms with Crippen molar-refractivity contribution in [2.45, 2.75) is 30.7 Å². The van der Waals surface area contributed by atoms with Crippen LogP contribution in [0.4, 0.5) is 0 Å². The van der Waals surface area contributed by atoms with Crippen molar-refractivity contribution >= 4 is 33.2 Å². The van der Waals surface area contributed by atoms with Gasteiger partial charge in [-0.15, -0.1) is 23.2 Å². The highest BCUT2D eigenvalue weighted by Gasteiger charge is 2.32. The van der Waals surface area contributed by atoms with E-state index in [1.807, 2.05) is 13.8 Å². The van der Waals surface area contributed by atoms with Gasteiger partial charge in [0.15, 0.2) is 0 Å². The molecule has 0 atom stereocenters. The minimum Gasteiger partial charge on any atom is -0.207 e. The molecular formula is C12H17Cl2NO2S. The predicted molar refractivity (Wildman–Crippen MR) is 76.0 cm³/mol. The first kappa shape index (κ1) is 15.8. The van der Waals surface area contributed by atoms with Crippen LogP contribution in [0.25, 0.3) is 0 Å². The number of alkyl halides is 2. The summed E-state index contributed by atoms with van der Waals surface area (Å²) in [7, 11) is -3.59. The van der Waals surface area contributed by atoms with E-state index in [1.165, 1.54) is 0 Å². The molecule has 0 unspecified atom stereocenters. The second-order valence-electron chi connectivity index (χ2n) is 4.32. The standard InChI is InChI=1S/C12H17Cl2NO2S/c1-3-12(8-13,9-14)15-18(16,17)11-6-4-10(2)5-7-11/h4-7,15H,3,8-9H2,1-2H3. The van der Waals surface area contributed by atoms with E-state index in [2.05, 4.69) is 4.72 Å². The molecule has 0 fully saturated rings. The number of aryl methyl sites for hydroxylation is 1. The van der Waals surface area contributed by atoms with Gasteiger partial charge >= 0.3 is 0 Å². The minimum atomic E-state index is -3.59. The molecule has 0 saturated carbocycles. The van der Waals surface area contributed by atoms with E-state index in [1.54, 1.807) is 24.3 Å². The molecule has 0 heterocycles. The summed E-state index contributed by atoms with van der Waals surface area (Å²) in [4.78, 5) is 0.223. The summed E-state index contributed by atoms with van der Waals surface area (Å²) in [6.07, 6.45) is 0.533. The van der Waals surface area contributed by atoms with Crippen molar-refractivity contribution in [3.63, 3.8) is 0 Å². The van der Waals surface area contributed by atoms with Crippen molar-refractivity contribution in [3.8, 4) is 0 Å². The number of nitrogens with one attached hydrogen (secondary N) is 1. The van der Waals surface area contributed by atoms with E-state index in [4.69, 9.17) is 23.2 Å². The zero-order valence-electron chi connectivity index (χ0n) is 10.4. The number of hydrogen-bond donors (Lipinski definition) is 1. The Bertz CT molecular complexity index is 473. The van der Waals surface area contributed by atoms with Gasteiger partial charge in [0.05, 0.1) is 10.4 Å². The van der Waals surface area contributed by atoms with E-state index >= 15 is 0 Å². The number of benzene rings is 1. The van der Waals surface area contributed by atoms with Gasteiger partial charge in [0.25, 0.3) is 0 Å². The van der Waals surface area contributed by atoms with Crippen LogP contribution in [0, 0.1) is 6.92 Å². The first-order valence-electron chi connectivity index (χ1n) is 5.62. The number of halogens is 2. The molecule has 0 aromatic heterocycles. The fraction of sp³-hybridized carbons (Fsp3) is 0.500. The minimum absolute atomic E-state index is 0.137. The predicted octanol–water partition coefficient (Wildman–Crippen LogP) is 2.90. The average Bonchev–Trinajstić information content (AvgIpc) is 2.37. The molecule has 0 aliphatic rings. The van der Waals surface area contributed by atoms with Crippen LogP contribution in [0.3, 0.4) is 0 Å². The molecule has 0 aliphatic heterocycles. The highest BCUT2D eigenvalue weighted by atomic mass is 35.5. The SMILES string of the molecule is CCC(CCl)(CCl)NS(=O)(=O)c1ccc(C)cc1. The van der Waals surface area contributed by atoms with Crippen LogP contribution in [-0.4, -0.2) is 25.7 Å². The van der Waals surface area contributed by atoms with Crippen LogP contribution < -0.4 is 4.72 Å². The van der Waals surface area contributed by atoms with Gasteiger partial charge in [0.2, 0.25) is 10.0 Å². The van der Waals surface area contributed by atoms with Gasteiger partial charge < -0.3 is 0 Å². The summed E-state index contributed by atoms with van der Waals surface area (Å²) < 4.78 is 27.0. The van der Waals surface area contributed by atoms with Crippen LogP contribution in [0.2, 0.25) is 0 Å². The molecule has 0 bridgehead atoms. The average molecular weight is 310 g/mol. The number of sulfonamides is 1. The number of rotatable bonds is 6. The molecule has 102 valence electrons. The van der Waals surface area contributed by atoms with E-state index in [9.17, 15) is 8.42 Å². The Labute approximate surface area is 119 Å². The quantitative estimate of drug-likeness (QED) is 0.821. The molecule has 0 aliphatic carbocycles. The molecule has 3 nitrogen and oxygen atoms in total. The number of hydrogen-bond acceptors (Lipinski definition) is 2. The molecule has 0 amide bonds. The lowest BCUT2D eigenvalue weighted by atomic mass is 10.0. The normalized spacial score (nSPS) is 12.7. The van der Waals surface area contributed by atoms with Crippen LogP contribution in [0.1, 0.15) is 18.9 Å². The van der Waals surface area contributed by atoms with Gasteiger partial charge in [-0.05, 0) is 25.5 Å². The van der Waals surface area contributed by atoms with Crippen LogP contribution >= 0.6 is 23.2 Å². The van der Waals surface area contributed by atoms with E-state index < -0.39 is 15.6 Å². The lowest BCUT2D eigenvalue weighted by molar-refractivity contribution is 0.449. The van der Waals surface area contributed by atoms with Gasteiger partial charge in [-0.3, -0.25) is 0 Å². The third-order valence-electron chi connectivity index (χ3n) is 2.87. The molecule has 0 spiro atoms. The fourth-order valence-electron chi connectivity index (χ4n) is 1.41. The Balaban J connectivity index is 3.04. The topological polar surface area (TPSA) is 46.2 Å². The van der Waals surface area contributed by atoms with Gasteiger partial charge in [-0.1, -0.05) is 24.6 Å². The molecule has 0 radical (unpaired) electrons. The molecule has 1 aromatic carbocycles. The van der Waals surface area contributed by atoms with Crippen molar-refractivity contribution in [3.05, 3.63) is 29.8 Å². The smallest absolute Gasteiger partial charge is 0.207 e. The summed E-state index contributed by atoms with van der Waals surface area (Å²) in [5.41, 5.74) is 0.206. The van der Waals surface area contributed by atoms with Crippen LogP contribution in [0.5, 0.6) is 0 Å². The Morgan fingerprint density at radius 1 is 1.17 bits per heavy atom. The highest BCUT2D eigenvalue weighted by Crippen LogP contribution is 2.19. The van der Waals surface area contributed by atoms with Gasteiger partial charge in [0, 0.05) is 11.8 Å². The Morgan fingerprint density at radius 2 is 1.67 bits per heavy atom. The summed E-state index contributed by atoms with van der Waals surface area (Å²) >= 11 is 11.7. The van der Waals surface area contributed by atoms with Crippen molar-refractivity contribution in [2.24, 2.45) is 0 Å². The summed E-state index contributed by atoms with van der Waals surface area (Å²) in [6.45, 7) is 3.75. The molecule has 18 heavy (non-hydrogen) atoms. The van der Waals surface area contributed by atoms with Crippen molar-refractivity contribution in [1.29, 1.82) is 0 Å². The first-order valence-corrected chi connectivity index (χ1v) is 8.17. The molecule has 0 saturated heterocycles. The molecule has 1 rings (SSSR count). The molecule has 6 heteroatoms. The van der Waals surface area contributed by atoms with Gasteiger partial charge in [-0.2, -0.15) is 0 Å². The Hall–Kier alpha value is -0.290. The first-order chi connectivity index (χ1) is 8.39. The fourth-order valence-corrected chi connectivity index (χ4v) is 3.84. The zero-order chi connectivity index (χ0) is 13.8. The van der Waals surface area contributed by atoms with Crippen LogP contribution in [0.15, 0.2) is 29.2 Å². The maximum Gasteiger partial charge on any atom is 0.241 e. The molecule has 1 aromatic rings. The van der Waals surface area contributed by atoms with Crippen molar-refractivity contribution in [1.82, 2.24) is 4.72 Å². The van der Waals surface area contributed by atoms with Gasteiger partial charge in [0.1, 0.15) is 0 Å². The largest absolute Gasteiger partial charge is 0.241 e. The van der Waals surface area contributed by atoms with Crippen molar-refractivity contribution < 1.29 is 8.42 Å². The molecule has 1 N–H and O–H groups in total. The van der Waals surface area contributed by atoms with Gasteiger partial charge in [-0.25, -0.2) is 13.1 Å². The summed E-state index contributed by atoms with van der Waals surface area (Å²) in [6, 6.07) is 6.65. The van der Waals surface area contributed by atoms with E-state index in [0.29, 0.717) is 6.42 Å². The zero-order valence-corrected chi connectivity index (χ0v) is 12.7. The summed E-state index contributed by atoms with van der Waals surface area (Å²) in [5, 5.41) is 0. The maximum absolute atomic E-state index is 12.2. The van der Waals surface area contributed by atoms with E-state index in [0.717, 1.165) is 5.56 Å². The third kappa shape index (κ3) is 3.60.